The van der Waals surface area contributed by atoms with E-state index in [1.54, 1.807) is 0 Å². The van der Waals surface area contributed by atoms with E-state index in [-0.39, 0.29) is 12.6 Å². The van der Waals surface area contributed by atoms with Gasteiger partial charge >= 0.3 is 6.18 Å². The van der Waals surface area contributed by atoms with E-state index in [1.165, 1.54) is 0 Å². The van der Waals surface area contributed by atoms with Crippen LogP contribution in [-0.4, -0.2) is 57.6 Å². The molecule has 0 atom stereocenters. The monoisotopic (exact) mass is 284 g/mol. The first-order valence-corrected chi connectivity index (χ1v) is 6.21. The van der Waals surface area contributed by atoms with Gasteiger partial charge in [-0.05, 0) is 25.9 Å². The van der Waals surface area contributed by atoms with E-state index in [4.69, 9.17) is 4.74 Å². The van der Waals surface area contributed by atoms with Gasteiger partial charge in [0.15, 0.2) is 0 Å². The maximum absolute atomic E-state index is 11.7. The van der Waals surface area contributed by atoms with Gasteiger partial charge in [-0.25, -0.2) is 0 Å². The summed E-state index contributed by atoms with van der Waals surface area (Å²) in [5.74, 6) is -0.571. The highest BCUT2D eigenvalue weighted by molar-refractivity contribution is 5.77. The summed E-state index contributed by atoms with van der Waals surface area (Å²) in [7, 11) is 0. The third kappa shape index (κ3) is 8.79. The van der Waals surface area contributed by atoms with Gasteiger partial charge in [0.2, 0.25) is 5.91 Å². The molecule has 0 aliphatic carbocycles. The van der Waals surface area contributed by atoms with Crippen molar-refractivity contribution in [3.63, 3.8) is 0 Å². The molecule has 0 aromatic heterocycles. The Labute approximate surface area is 109 Å². The molecule has 2 N–H and O–H groups in total. The second-order valence-electron chi connectivity index (χ2n) is 4.28. The highest BCUT2D eigenvalue weighted by Gasteiger charge is 2.27. The molecule has 0 spiro atoms. The minimum Gasteiger partial charge on any atom is -0.376 e. The zero-order valence-corrected chi connectivity index (χ0v) is 10.6. The summed E-state index contributed by atoms with van der Waals surface area (Å²) >= 11 is 0. The van der Waals surface area contributed by atoms with E-state index >= 15 is 0 Å². The van der Waals surface area contributed by atoms with Crippen molar-refractivity contribution < 1.29 is 27.4 Å². The van der Waals surface area contributed by atoms with Crippen LogP contribution in [0.25, 0.3) is 0 Å². The van der Waals surface area contributed by atoms with Crippen LogP contribution in [0, 0.1) is 0 Å². The summed E-state index contributed by atoms with van der Waals surface area (Å²) in [5.41, 5.74) is 0. The molecule has 0 aromatic rings. The number of piperidine rings is 1. The molecule has 8 heteroatoms. The van der Waals surface area contributed by atoms with Crippen molar-refractivity contribution in [1.82, 2.24) is 10.6 Å². The number of rotatable bonds is 7. The molecule has 5 nitrogen and oxygen atoms in total. The summed E-state index contributed by atoms with van der Waals surface area (Å²) in [6, 6.07) is 0. The first kappa shape index (κ1) is 16.2. The normalized spacial score (nSPS) is 17.4. The zero-order chi connectivity index (χ0) is 14.1. The highest BCUT2D eigenvalue weighted by Crippen LogP contribution is 2.14. The number of amides is 1. The fourth-order valence-electron chi connectivity index (χ4n) is 1.69. The summed E-state index contributed by atoms with van der Waals surface area (Å²) in [5, 5.41) is 5.64. The third-order valence-electron chi connectivity index (χ3n) is 2.56. The van der Waals surface area contributed by atoms with Gasteiger partial charge in [-0.3, -0.25) is 4.79 Å². The predicted molar refractivity (Wildman–Crippen MR) is 61.7 cm³/mol. The number of carbonyl (C=O) groups excluding carboxylic acids is 1. The lowest BCUT2D eigenvalue weighted by molar-refractivity contribution is -0.175. The van der Waals surface area contributed by atoms with E-state index in [2.05, 4.69) is 15.4 Å². The Bertz CT molecular complexity index is 268. The molecule has 1 aliphatic rings. The Morgan fingerprint density at radius 2 is 2.00 bits per heavy atom. The second kappa shape index (κ2) is 8.34. The molecule has 0 unspecified atom stereocenters. The van der Waals surface area contributed by atoms with E-state index in [1.807, 2.05) is 0 Å². The quantitative estimate of drug-likeness (QED) is 0.666. The first-order chi connectivity index (χ1) is 8.97. The van der Waals surface area contributed by atoms with Gasteiger partial charge in [0.1, 0.15) is 13.2 Å². The maximum atomic E-state index is 11.7. The van der Waals surface area contributed by atoms with Crippen LogP contribution in [-0.2, 0) is 14.3 Å². The topological polar surface area (TPSA) is 59.6 Å². The van der Waals surface area contributed by atoms with Crippen molar-refractivity contribution in [2.24, 2.45) is 0 Å². The van der Waals surface area contributed by atoms with Crippen LogP contribution in [0.3, 0.4) is 0 Å². The SMILES string of the molecule is O=C(COCC(F)(F)F)NCCOC1CCNCC1. The Morgan fingerprint density at radius 1 is 1.32 bits per heavy atom. The molecule has 0 saturated carbocycles. The molecular weight excluding hydrogens is 265 g/mol. The largest absolute Gasteiger partial charge is 0.411 e. The fraction of sp³-hybridized carbons (Fsp3) is 0.909. The van der Waals surface area contributed by atoms with E-state index < -0.39 is 25.3 Å². The van der Waals surface area contributed by atoms with E-state index in [0.29, 0.717) is 6.61 Å². The standard InChI is InChI=1S/C11H19F3N2O3/c12-11(13,14)8-18-7-10(17)16-5-6-19-9-1-3-15-4-2-9/h9,15H,1-8H2,(H,16,17). The summed E-state index contributed by atoms with van der Waals surface area (Å²) in [6.07, 6.45) is -2.34. The van der Waals surface area contributed by atoms with Crippen LogP contribution >= 0.6 is 0 Å². The number of alkyl halides is 3. The summed E-state index contributed by atoms with van der Waals surface area (Å²) < 4.78 is 44.9. The molecule has 1 rings (SSSR count). The third-order valence-corrected chi connectivity index (χ3v) is 2.56. The molecule has 19 heavy (non-hydrogen) atoms. The molecule has 1 aliphatic heterocycles. The van der Waals surface area contributed by atoms with Crippen molar-refractivity contribution in [3.05, 3.63) is 0 Å². The highest BCUT2D eigenvalue weighted by atomic mass is 19.4. The minimum absolute atomic E-state index is 0.194. The number of carbonyl (C=O) groups is 1. The lowest BCUT2D eigenvalue weighted by atomic mass is 10.1. The van der Waals surface area contributed by atoms with Gasteiger partial charge in [-0.15, -0.1) is 0 Å². The Kier molecular flexibility index (Phi) is 7.11. The molecule has 1 heterocycles. The number of ether oxygens (including phenoxy) is 2. The molecule has 0 radical (unpaired) electrons. The van der Waals surface area contributed by atoms with Crippen LogP contribution in [0.15, 0.2) is 0 Å². The van der Waals surface area contributed by atoms with Crippen LogP contribution in [0.1, 0.15) is 12.8 Å². The van der Waals surface area contributed by atoms with Gasteiger partial charge in [-0.2, -0.15) is 13.2 Å². The number of hydrogen-bond acceptors (Lipinski definition) is 4. The number of hydrogen-bond donors (Lipinski definition) is 2. The maximum Gasteiger partial charge on any atom is 0.411 e. The van der Waals surface area contributed by atoms with Crippen LogP contribution < -0.4 is 10.6 Å². The van der Waals surface area contributed by atoms with Crippen molar-refractivity contribution in [1.29, 1.82) is 0 Å². The predicted octanol–water partition coefficient (Wildman–Crippen LogP) is 0.450. The minimum atomic E-state index is -4.40. The molecular formula is C11H19F3N2O3. The van der Waals surface area contributed by atoms with E-state index in [9.17, 15) is 18.0 Å². The van der Waals surface area contributed by atoms with Crippen LogP contribution in [0.5, 0.6) is 0 Å². The number of halogens is 3. The molecule has 0 bridgehead atoms. The Balaban J connectivity index is 1.95. The van der Waals surface area contributed by atoms with Gasteiger partial charge in [-0.1, -0.05) is 0 Å². The fourth-order valence-corrected chi connectivity index (χ4v) is 1.69. The van der Waals surface area contributed by atoms with Crippen molar-refractivity contribution in [2.45, 2.75) is 25.1 Å². The first-order valence-electron chi connectivity index (χ1n) is 6.21. The van der Waals surface area contributed by atoms with Crippen molar-refractivity contribution in [2.75, 3.05) is 39.5 Å². The van der Waals surface area contributed by atoms with Crippen LogP contribution in [0.2, 0.25) is 0 Å². The van der Waals surface area contributed by atoms with Gasteiger partial charge < -0.3 is 20.1 Å². The molecule has 1 amide bonds. The lowest BCUT2D eigenvalue weighted by Crippen LogP contribution is -2.36. The Morgan fingerprint density at radius 3 is 2.63 bits per heavy atom. The number of nitrogens with one attached hydrogen (secondary N) is 2. The molecule has 1 fully saturated rings. The average Bonchev–Trinajstić information content (AvgIpc) is 2.34. The molecule has 1 saturated heterocycles. The van der Waals surface area contributed by atoms with Crippen molar-refractivity contribution >= 4 is 5.91 Å². The average molecular weight is 284 g/mol. The molecule has 0 aromatic carbocycles. The van der Waals surface area contributed by atoms with Gasteiger partial charge in [0.25, 0.3) is 0 Å². The lowest BCUT2D eigenvalue weighted by Gasteiger charge is -2.22. The molecule has 112 valence electrons. The second-order valence-corrected chi connectivity index (χ2v) is 4.28. The van der Waals surface area contributed by atoms with Gasteiger partial charge in [0.05, 0.1) is 12.7 Å². The van der Waals surface area contributed by atoms with E-state index in [0.717, 1.165) is 25.9 Å². The summed E-state index contributed by atoms with van der Waals surface area (Å²) in [6.45, 7) is 0.470. The van der Waals surface area contributed by atoms with Crippen LogP contribution in [0.4, 0.5) is 13.2 Å². The van der Waals surface area contributed by atoms with Gasteiger partial charge in [0, 0.05) is 6.54 Å². The smallest absolute Gasteiger partial charge is 0.376 e. The zero-order valence-electron chi connectivity index (χ0n) is 10.6. The Hall–Kier alpha value is -0.860. The van der Waals surface area contributed by atoms with Crippen molar-refractivity contribution in [3.8, 4) is 0 Å². The summed E-state index contributed by atoms with van der Waals surface area (Å²) in [4.78, 5) is 11.1.